The molecule has 0 saturated carbocycles. The number of fused-ring (bicyclic) bond motifs is 2. The topological polar surface area (TPSA) is 91.8 Å². The first-order valence-electron chi connectivity index (χ1n) is 8.54. The molecular formula is C22H17NO5. The number of carbonyl (C=O) groups excluding carboxylic acids is 1. The van der Waals surface area contributed by atoms with E-state index in [9.17, 15) is 9.59 Å². The molecule has 6 heteroatoms. The fourth-order valence-electron chi connectivity index (χ4n) is 3.33. The molecule has 0 atom stereocenters. The molecule has 0 radical (unpaired) electrons. The lowest BCUT2D eigenvalue weighted by Gasteiger charge is -2.17. The van der Waals surface area contributed by atoms with Gasteiger partial charge in [-0.05, 0) is 42.0 Å². The average molecular weight is 375 g/mol. The van der Waals surface area contributed by atoms with E-state index in [2.05, 4.69) is 0 Å². The molecule has 1 heterocycles. The van der Waals surface area contributed by atoms with Crippen molar-refractivity contribution >= 4 is 22.6 Å². The zero-order valence-corrected chi connectivity index (χ0v) is 15.3. The largest absolute Gasteiger partial charge is 0.497 e. The smallest absolute Gasteiger partial charge is 0.338 e. The molecule has 0 unspecified atom stereocenters. The molecule has 4 rings (SSSR count). The fraction of sp³-hybridized carbons (Fsp3) is 0.0909. The quantitative estimate of drug-likeness (QED) is 0.331. The third-order valence-corrected chi connectivity index (χ3v) is 4.62. The third kappa shape index (κ3) is 2.85. The standard InChI is InChI=1S/C22H17NO5/c1-26-14-5-8-17-20(11-14)28-19-10-13(24)4-7-16(19)21(17)15-6-3-12(23)9-18(15)22(25)27-2/h3-11H,23H2,1-2H3. The van der Waals surface area contributed by atoms with Crippen molar-refractivity contribution in [2.75, 3.05) is 20.0 Å². The Morgan fingerprint density at radius 3 is 2.50 bits per heavy atom. The molecule has 2 N–H and O–H groups in total. The van der Waals surface area contributed by atoms with Gasteiger partial charge >= 0.3 is 5.97 Å². The molecular weight excluding hydrogens is 358 g/mol. The first kappa shape index (κ1) is 17.6. The van der Waals surface area contributed by atoms with Gasteiger partial charge in [0.15, 0.2) is 5.43 Å². The van der Waals surface area contributed by atoms with Crippen molar-refractivity contribution in [1.82, 2.24) is 0 Å². The zero-order valence-electron chi connectivity index (χ0n) is 15.3. The number of carbonyl (C=O) groups is 1. The van der Waals surface area contributed by atoms with Crippen LogP contribution in [-0.4, -0.2) is 20.2 Å². The predicted molar refractivity (Wildman–Crippen MR) is 107 cm³/mol. The van der Waals surface area contributed by atoms with E-state index >= 15 is 0 Å². The lowest BCUT2D eigenvalue weighted by atomic mass is 9.90. The van der Waals surface area contributed by atoms with Gasteiger partial charge in [0, 0.05) is 34.3 Å². The summed E-state index contributed by atoms with van der Waals surface area (Å²) in [6.07, 6.45) is 0. The molecule has 0 saturated heterocycles. The molecule has 28 heavy (non-hydrogen) atoms. The number of nitrogens with two attached hydrogens (primary N) is 1. The molecule has 6 nitrogen and oxygen atoms in total. The summed E-state index contributed by atoms with van der Waals surface area (Å²) in [7, 11) is 2.88. The Morgan fingerprint density at radius 1 is 0.964 bits per heavy atom. The van der Waals surface area contributed by atoms with Crippen LogP contribution in [0.4, 0.5) is 5.69 Å². The number of esters is 1. The Kier molecular flexibility index (Phi) is 4.24. The number of hydrogen-bond acceptors (Lipinski definition) is 6. The number of ether oxygens (including phenoxy) is 2. The van der Waals surface area contributed by atoms with Gasteiger partial charge in [-0.25, -0.2) is 4.79 Å². The minimum absolute atomic E-state index is 0.171. The summed E-state index contributed by atoms with van der Waals surface area (Å²) in [6.45, 7) is 0. The summed E-state index contributed by atoms with van der Waals surface area (Å²) < 4.78 is 16.2. The third-order valence-electron chi connectivity index (χ3n) is 4.62. The van der Waals surface area contributed by atoms with Crippen molar-refractivity contribution in [3.63, 3.8) is 0 Å². The van der Waals surface area contributed by atoms with Crippen LogP contribution in [0.1, 0.15) is 10.4 Å². The molecule has 0 fully saturated rings. The Bertz CT molecular complexity index is 1240. The Morgan fingerprint density at radius 2 is 1.75 bits per heavy atom. The van der Waals surface area contributed by atoms with Gasteiger partial charge in [-0.15, -0.1) is 0 Å². The van der Waals surface area contributed by atoms with E-state index in [1.807, 2.05) is 12.1 Å². The molecule has 2 aromatic rings. The van der Waals surface area contributed by atoms with E-state index in [4.69, 9.17) is 19.6 Å². The van der Waals surface area contributed by atoms with Crippen molar-refractivity contribution in [3.8, 4) is 28.2 Å². The van der Waals surface area contributed by atoms with Crippen molar-refractivity contribution in [2.24, 2.45) is 0 Å². The summed E-state index contributed by atoms with van der Waals surface area (Å²) in [5.74, 6) is 0.527. The number of hydrogen-bond donors (Lipinski definition) is 1. The highest BCUT2D eigenvalue weighted by molar-refractivity contribution is 6.08. The van der Waals surface area contributed by atoms with Crippen LogP contribution >= 0.6 is 0 Å². The SMILES string of the molecule is COC(=O)c1cc(N)ccc1-c1c2ccc(=O)cc-2oc2cc(OC)ccc12. The number of benzene rings is 3. The summed E-state index contributed by atoms with van der Waals surface area (Å²) >= 11 is 0. The van der Waals surface area contributed by atoms with Crippen molar-refractivity contribution < 1.29 is 18.7 Å². The molecule has 2 aromatic carbocycles. The molecule has 1 aliphatic heterocycles. The number of rotatable bonds is 3. The van der Waals surface area contributed by atoms with Gasteiger partial charge in [-0.1, -0.05) is 6.07 Å². The second-order valence-corrected chi connectivity index (χ2v) is 6.29. The van der Waals surface area contributed by atoms with E-state index < -0.39 is 5.97 Å². The summed E-state index contributed by atoms with van der Waals surface area (Å²) in [5.41, 5.74) is 9.12. The van der Waals surface area contributed by atoms with Gasteiger partial charge in [0.2, 0.25) is 0 Å². The summed E-state index contributed by atoms with van der Waals surface area (Å²) in [5, 5.41) is 0.766. The highest BCUT2D eigenvalue weighted by Gasteiger charge is 2.22. The predicted octanol–water partition coefficient (Wildman–Crippen LogP) is 3.94. The first-order chi connectivity index (χ1) is 13.5. The van der Waals surface area contributed by atoms with Crippen LogP contribution in [0.5, 0.6) is 5.75 Å². The minimum atomic E-state index is -0.502. The summed E-state index contributed by atoms with van der Waals surface area (Å²) in [6, 6.07) is 15.1. The van der Waals surface area contributed by atoms with E-state index in [0.29, 0.717) is 39.5 Å². The van der Waals surface area contributed by atoms with Gasteiger partial charge < -0.3 is 19.6 Å². The number of anilines is 1. The maximum atomic E-state index is 12.4. The Labute approximate surface area is 160 Å². The maximum absolute atomic E-state index is 12.4. The van der Waals surface area contributed by atoms with Crippen LogP contribution in [-0.2, 0) is 4.74 Å². The molecule has 140 valence electrons. The van der Waals surface area contributed by atoms with E-state index in [1.54, 1.807) is 37.4 Å². The molecule has 2 aliphatic rings. The van der Waals surface area contributed by atoms with Crippen LogP contribution in [0.15, 0.2) is 63.8 Å². The molecule has 0 amide bonds. The Balaban J connectivity index is 2.17. The summed E-state index contributed by atoms with van der Waals surface area (Å²) in [4.78, 5) is 24.3. The molecule has 0 bridgehead atoms. The van der Waals surface area contributed by atoms with E-state index in [-0.39, 0.29) is 5.43 Å². The normalized spacial score (nSPS) is 10.9. The second-order valence-electron chi connectivity index (χ2n) is 6.29. The van der Waals surface area contributed by atoms with E-state index in [0.717, 1.165) is 10.9 Å². The second kappa shape index (κ2) is 6.74. The van der Waals surface area contributed by atoms with Gasteiger partial charge in [-0.3, -0.25) is 4.79 Å². The maximum Gasteiger partial charge on any atom is 0.338 e. The molecule has 0 spiro atoms. The Hall–Kier alpha value is -3.80. The average Bonchev–Trinajstić information content (AvgIpc) is 2.71. The lowest BCUT2D eigenvalue weighted by molar-refractivity contribution is 0.0601. The van der Waals surface area contributed by atoms with Gasteiger partial charge in [-0.2, -0.15) is 0 Å². The van der Waals surface area contributed by atoms with Gasteiger partial charge in [0.1, 0.15) is 17.1 Å². The van der Waals surface area contributed by atoms with Crippen LogP contribution in [0, 0.1) is 0 Å². The van der Waals surface area contributed by atoms with Crippen LogP contribution < -0.4 is 15.9 Å². The van der Waals surface area contributed by atoms with Crippen LogP contribution in [0.2, 0.25) is 0 Å². The molecule has 0 aromatic heterocycles. The van der Waals surface area contributed by atoms with Crippen molar-refractivity contribution in [3.05, 3.63) is 70.4 Å². The minimum Gasteiger partial charge on any atom is -0.497 e. The first-order valence-corrected chi connectivity index (χ1v) is 8.54. The number of nitrogen functional groups attached to an aromatic ring is 1. The van der Waals surface area contributed by atoms with Crippen molar-refractivity contribution in [2.45, 2.75) is 0 Å². The highest BCUT2D eigenvalue weighted by atomic mass is 16.5. The van der Waals surface area contributed by atoms with Gasteiger partial charge in [0.05, 0.1) is 19.8 Å². The lowest BCUT2D eigenvalue weighted by Crippen LogP contribution is -2.06. The molecule has 1 aliphatic carbocycles. The fourth-order valence-corrected chi connectivity index (χ4v) is 3.33. The van der Waals surface area contributed by atoms with Crippen LogP contribution in [0.25, 0.3) is 33.4 Å². The van der Waals surface area contributed by atoms with Crippen molar-refractivity contribution in [1.29, 1.82) is 0 Å². The number of methoxy groups -OCH3 is 2. The van der Waals surface area contributed by atoms with Crippen LogP contribution in [0.3, 0.4) is 0 Å². The van der Waals surface area contributed by atoms with Gasteiger partial charge in [0.25, 0.3) is 0 Å². The van der Waals surface area contributed by atoms with E-state index in [1.165, 1.54) is 19.2 Å². The highest BCUT2D eigenvalue weighted by Crippen LogP contribution is 2.42. The monoisotopic (exact) mass is 375 g/mol. The zero-order chi connectivity index (χ0) is 19.8.